The summed E-state index contributed by atoms with van der Waals surface area (Å²) in [6.45, 7) is 0. The van der Waals surface area contributed by atoms with Crippen molar-refractivity contribution < 1.29 is 8.83 Å². The molecule has 474 valence electrons. The minimum absolute atomic E-state index is 0.820. The molecule has 2 aliphatic rings. The van der Waals surface area contributed by atoms with Gasteiger partial charge >= 0.3 is 0 Å². The molecule has 0 saturated heterocycles. The Hall–Kier alpha value is -13.3. The van der Waals surface area contributed by atoms with E-state index >= 15 is 0 Å². The van der Waals surface area contributed by atoms with Gasteiger partial charge in [0.1, 0.15) is 11.2 Å². The summed E-state index contributed by atoms with van der Waals surface area (Å²) in [6.07, 6.45) is 0. The summed E-state index contributed by atoms with van der Waals surface area (Å²) in [7, 11) is 0. The van der Waals surface area contributed by atoms with Crippen LogP contribution >= 0.6 is 0 Å². The van der Waals surface area contributed by atoms with Crippen LogP contribution in [0.4, 0.5) is 34.1 Å². The highest BCUT2D eigenvalue weighted by Crippen LogP contribution is 2.72. The summed E-state index contributed by atoms with van der Waals surface area (Å²) < 4.78 is 14.4. The van der Waals surface area contributed by atoms with Gasteiger partial charge in [-0.15, -0.1) is 0 Å². The molecule has 0 N–H and O–H groups in total. The van der Waals surface area contributed by atoms with Crippen molar-refractivity contribution in [2.75, 3.05) is 9.80 Å². The summed E-state index contributed by atoms with van der Waals surface area (Å²) in [4.78, 5) is 5.04. The number of rotatable bonds is 9. The Balaban J connectivity index is 0.915. The van der Waals surface area contributed by atoms with Crippen LogP contribution in [0.2, 0.25) is 0 Å². The van der Waals surface area contributed by atoms with E-state index in [2.05, 4.69) is 374 Å². The van der Waals surface area contributed by atoms with Crippen LogP contribution in [0.1, 0.15) is 33.4 Å². The number of nitrogens with zero attached hydrogens (tertiary/aromatic N) is 2. The molecule has 2 aromatic heterocycles. The maximum absolute atomic E-state index is 7.22. The molecule has 2 unspecified atom stereocenters. The summed E-state index contributed by atoms with van der Waals surface area (Å²) in [6, 6.07) is 136. The topological polar surface area (TPSA) is 32.8 Å². The van der Waals surface area contributed by atoms with E-state index in [0.717, 1.165) is 99.5 Å². The second kappa shape index (κ2) is 21.6. The van der Waals surface area contributed by atoms with Gasteiger partial charge in [0.15, 0.2) is 11.2 Å². The van der Waals surface area contributed by atoms with E-state index in [-0.39, 0.29) is 0 Å². The van der Waals surface area contributed by atoms with Crippen LogP contribution in [0, 0.1) is 0 Å². The standard InChI is InChI=1S/C98H60N2O2/c1-3-27-65(28-4-1)97(83-43-19-15-39-79(83)93-75-37-13-11-33-71(75)89(59-85(93)97)99(87-45-23-41-77-73-35-17-21-47-91(73)101-95(77)87)67-55-53-63-51-49-61-25-7-9-31-69(61)81(63)57-67)98(66-29-5-2-6-30-66)84-44-20-16-40-80(84)94-76-38-14-12-34-72(76)90(60-86(94)98)100(88-46-24-42-78-74-36-18-22-48-92(74)102-96(78)88)68-56-54-64-52-50-62-26-8-10-32-70(62)82(64)58-68/h1-60H. The molecule has 2 aliphatic carbocycles. The molecule has 4 nitrogen and oxygen atoms in total. The number of hydrogen-bond donors (Lipinski definition) is 0. The minimum atomic E-state index is -1.04. The van der Waals surface area contributed by atoms with Gasteiger partial charge in [0, 0.05) is 43.7 Å². The van der Waals surface area contributed by atoms with E-state index < -0.39 is 10.8 Å². The van der Waals surface area contributed by atoms with E-state index in [1.54, 1.807) is 0 Å². The highest BCUT2D eigenvalue weighted by atomic mass is 16.3. The minimum Gasteiger partial charge on any atom is -0.454 e. The molecule has 22 rings (SSSR count). The number of hydrogen-bond acceptors (Lipinski definition) is 4. The molecule has 0 amide bonds. The van der Waals surface area contributed by atoms with Crippen molar-refractivity contribution in [3.8, 4) is 22.3 Å². The van der Waals surface area contributed by atoms with Crippen LogP contribution in [-0.4, -0.2) is 0 Å². The van der Waals surface area contributed by atoms with Crippen molar-refractivity contribution in [1.29, 1.82) is 0 Å². The average Bonchev–Trinajstić information content (AvgIpc) is 1.46. The molecular weight excluding hydrogens is 1240 g/mol. The Bertz CT molecular complexity index is 6510. The van der Waals surface area contributed by atoms with E-state index in [0.29, 0.717) is 0 Å². The molecule has 102 heavy (non-hydrogen) atoms. The fraction of sp³-hybridized carbons (Fsp3) is 0.0204. The van der Waals surface area contributed by atoms with Crippen molar-refractivity contribution in [2.45, 2.75) is 10.8 Å². The highest BCUT2D eigenvalue weighted by Gasteiger charge is 2.65. The molecule has 2 heterocycles. The fourth-order valence-electron chi connectivity index (χ4n) is 18.7. The number of benzene rings is 18. The van der Waals surface area contributed by atoms with E-state index in [4.69, 9.17) is 8.83 Å². The zero-order valence-electron chi connectivity index (χ0n) is 55.4. The predicted octanol–water partition coefficient (Wildman–Crippen LogP) is 26.7. The summed E-state index contributed by atoms with van der Waals surface area (Å²) in [5.74, 6) is 0. The zero-order valence-corrected chi connectivity index (χ0v) is 55.4. The van der Waals surface area contributed by atoms with Gasteiger partial charge in [0.05, 0.1) is 33.6 Å². The zero-order chi connectivity index (χ0) is 66.8. The second-order valence-corrected chi connectivity index (χ2v) is 27.6. The van der Waals surface area contributed by atoms with Crippen molar-refractivity contribution in [3.63, 3.8) is 0 Å². The molecule has 18 aromatic carbocycles. The summed E-state index contributed by atoms with van der Waals surface area (Å²) in [5.41, 5.74) is 19.3. The first-order valence-electron chi connectivity index (χ1n) is 35.3. The van der Waals surface area contributed by atoms with E-state index in [1.807, 2.05) is 0 Å². The maximum Gasteiger partial charge on any atom is 0.159 e. The molecule has 0 saturated carbocycles. The lowest BCUT2D eigenvalue weighted by Gasteiger charge is -2.51. The van der Waals surface area contributed by atoms with Crippen LogP contribution in [0.15, 0.2) is 373 Å². The van der Waals surface area contributed by atoms with Gasteiger partial charge < -0.3 is 18.6 Å². The van der Waals surface area contributed by atoms with Crippen LogP contribution in [0.25, 0.3) is 131 Å². The summed E-state index contributed by atoms with van der Waals surface area (Å²) in [5, 5.41) is 18.3. The second-order valence-electron chi connectivity index (χ2n) is 27.6. The van der Waals surface area contributed by atoms with Crippen molar-refractivity contribution in [1.82, 2.24) is 0 Å². The first-order valence-corrected chi connectivity index (χ1v) is 35.3. The smallest absolute Gasteiger partial charge is 0.159 e. The maximum atomic E-state index is 7.22. The predicted molar refractivity (Wildman–Crippen MR) is 425 cm³/mol. The number of fused-ring (bicyclic) bond motifs is 22. The van der Waals surface area contributed by atoms with E-state index in [1.165, 1.54) is 98.7 Å². The van der Waals surface area contributed by atoms with Gasteiger partial charge in [0.2, 0.25) is 0 Å². The van der Waals surface area contributed by atoms with Gasteiger partial charge in [-0.05, 0) is 170 Å². The van der Waals surface area contributed by atoms with Crippen LogP contribution in [0.3, 0.4) is 0 Å². The Labute approximate surface area is 588 Å². The normalized spacial score (nSPS) is 15.3. The molecule has 0 fully saturated rings. The third kappa shape index (κ3) is 7.70. The SMILES string of the molecule is c1ccc(C2(C3(c4ccccc4)c4ccccc4-c4c3cc(N(c3ccc5ccc6ccccc6c5c3)c3cccc5c3oc3ccccc35)c3ccccc43)c3ccccc3-c3c2cc(N(c2ccc4ccc5ccccc5c4c2)c2cccc4c2oc2ccccc24)c2ccccc32)cc1. The summed E-state index contributed by atoms with van der Waals surface area (Å²) >= 11 is 0. The quantitative estimate of drug-likeness (QED) is 0.135. The van der Waals surface area contributed by atoms with Crippen LogP contribution in [-0.2, 0) is 10.8 Å². The number of para-hydroxylation sites is 4. The van der Waals surface area contributed by atoms with Crippen molar-refractivity contribution >= 4 is 143 Å². The third-order valence-electron chi connectivity index (χ3n) is 22.7. The molecule has 0 bridgehead atoms. The Morgan fingerprint density at radius 2 is 0.539 bits per heavy atom. The monoisotopic (exact) mass is 1300 g/mol. The third-order valence-corrected chi connectivity index (χ3v) is 22.7. The molecule has 0 radical (unpaired) electrons. The van der Waals surface area contributed by atoms with Gasteiger partial charge in [-0.1, -0.05) is 303 Å². The van der Waals surface area contributed by atoms with Gasteiger partial charge in [-0.25, -0.2) is 0 Å². The molecule has 4 heteroatoms. The first-order chi connectivity index (χ1) is 50.6. The number of furan rings is 2. The fourth-order valence-corrected chi connectivity index (χ4v) is 18.7. The van der Waals surface area contributed by atoms with E-state index in [9.17, 15) is 0 Å². The van der Waals surface area contributed by atoms with Gasteiger partial charge in [0.25, 0.3) is 0 Å². The Morgan fingerprint density at radius 3 is 0.980 bits per heavy atom. The first kappa shape index (κ1) is 56.7. The van der Waals surface area contributed by atoms with Gasteiger partial charge in [-0.3, -0.25) is 0 Å². The van der Waals surface area contributed by atoms with Crippen LogP contribution < -0.4 is 9.80 Å². The molecule has 0 aliphatic heterocycles. The lowest BCUT2D eigenvalue weighted by Crippen LogP contribution is -2.50. The Kier molecular flexibility index (Phi) is 12.0. The molecule has 20 aromatic rings. The largest absolute Gasteiger partial charge is 0.454 e. The lowest BCUT2D eigenvalue weighted by molar-refractivity contribution is 0.438. The van der Waals surface area contributed by atoms with Crippen molar-refractivity contribution in [3.05, 3.63) is 397 Å². The Morgan fingerprint density at radius 1 is 0.206 bits per heavy atom. The van der Waals surface area contributed by atoms with Crippen LogP contribution in [0.5, 0.6) is 0 Å². The number of anilines is 6. The lowest BCUT2D eigenvalue weighted by atomic mass is 9.49. The van der Waals surface area contributed by atoms with Gasteiger partial charge in [-0.2, -0.15) is 0 Å². The highest BCUT2D eigenvalue weighted by molar-refractivity contribution is 6.20. The molecule has 0 spiro atoms. The molecular formula is C98H60N2O2. The van der Waals surface area contributed by atoms with Crippen molar-refractivity contribution in [2.24, 2.45) is 0 Å². The average molecular weight is 1300 g/mol. The molecule has 2 atom stereocenters.